The molecule has 1 aromatic rings. The Bertz CT molecular complexity index is 391. The van der Waals surface area contributed by atoms with Crippen LogP contribution in [0.25, 0.3) is 0 Å². The molecule has 1 aromatic carbocycles. The summed E-state index contributed by atoms with van der Waals surface area (Å²) in [5, 5.41) is 18.9. The quantitative estimate of drug-likeness (QED) is 0.899. The fraction of sp³-hybridized carbons (Fsp3) is 0.538. The first-order valence-electron chi connectivity index (χ1n) is 5.62. The van der Waals surface area contributed by atoms with Gasteiger partial charge in [-0.05, 0) is 38.5 Å². The van der Waals surface area contributed by atoms with Crippen LogP contribution in [0.3, 0.4) is 0 Å². The van der Waals surface area contributed by atoms with Gasteiger partial charge in [0.2, 0.25) is 0 Å². The summed E-state index contributed by atoms with van der Waals surface area (Å²) in [5.41, 5.74) is 1.55. The highest BCUT2D eigenvalue weighted by molar-refractivity contribution is 9.10. The van der Waals surface area contributed by atoms with E-state index in [9.17, 15) is 10.2 Å². The molecule has 4 heteroatoms. The third-order valence-corrected chi connectivity index (χ3v) is 3.80. The Kier molecular flexibility index (Phi) is 4.58. The number of likely N-dealkylation sites (N-methyl/N-ethyl adjacent to an activating group) is 1. The van der Waals surface area contributed by atoms with Crippen LogP contribution in [0.5, 0.6) is 0 Å². The van der Waals surface area contributed by atoms with Gasteiger partial charge in [0.25, 0.3) is 0 Å². The molecule has 0 saturated carbocycles. The van der Waals surface area contributed by atoms with Gasteiger partial charge < -0.3 is 15.1 Å². The molecule has 1 atom stereocenters. The van der Waals surface area contributed by atoms with Gasteiger partial charge in [-0.3, -0.25) is 0 Å². The molecule has 0 heterocycles. The Morgan fingerprint density at radius 1 is 1.41 bits per heavy atom. The van der Waals surface area contributed by atoms with Crippen LogP contribution in [0.4, 0.5) is 5.69 Å². The first kappa shape index (κ1) is 14.5. The molecule has 0 aliphatic carbocycles. The van der Waals surface area contributed by atoms with Crippen LogP contribution < -0.4 is 4.90 Å². The van der Waals surface area contributed by atoms with E-state index in [2.05, 4.69) is 15.9 Å². The van der Waals surface area contributed by atoms with E-state index in [1.807, 2.05) is 44.0 Å². The van der Waals surface area contributed by atoms with Crippen LogP contribution in [-0.4, -0.2) is 29.4 Å². The van der Waals surface area contributed by atoms with E-state index in [4.69, 9.17) is 0 Å². The predicted molar refractivity (Wildman–Crippen MR) is 74.3 cm³/mol. The number of hydrogen-bond acceptors (Lipinski definition) is 3. The molecule has 0 unspecified atom stereocenters. The van der Waals surface area contributed by atoms with E-state index < -0.39 is 6.10 Å². The zero-order chi connectivity index (χ0) is 13.2. The van der Waals surface area contributed by atoms with Gasteiger partial charge in [0.05, 0.1) is 18.2 Å². The second-order valence-electron chi connectivity index (χ2n) is 4.91. The highest BCUT2D eigenvalue weighted by atomic mass is 79.9. The molecule has 0 bridgehead atoms. The number of hydrogen-bond donors (Lipinski definition) is 2. The van der Waals surface area contributed by atoms with Gasteiger partial charge in [0, 0.05) is 17.2 Å². The number of aliphatic hydroxyl groups is 2. The fourth-order valence-electron chi connectivity index (χ4n) is 1.52. The van der Waals surface area contributed by atoms with E-state index in [1.165, 1.54) is 0 Å². The smallest absolute Gasteiger partial charge is 0.0772 e. The Morgan fingerprint density at radius 2 is 2.00 bits per heavy atom. The number of nitrogens with zero attached hydrogens (tertiary/aromatic N) is 1. The molecule has 17 heavy (non-hydrogen) atoms. The van der Waals surface area contributed by atoms with E-state index >= 15 is 0 Å². The maximum atomic E-state index is 9.56. The summed E-state index contributed by atoms with van der Waals surface area (Å²) in [7, 11) is 1.94. The zero-order valence-corrected chi connectivity index (χ0v) is 12.3. The highest BCUT2D eigenvalue weighted by Gasteiger charge is 2.23. The Labute approximate surface area is 111 Å². The minimum atomic E-state index is -0.491. The highest BCUT2D eigenvalue weighted by Crippen LogP contribution is 2.30. The van der Waals surface area contributed by atoms with Crippen molar-refractivity contribution in [2.24, 2.45) is 0 Å². The second kappa shape index (κ2) is 5.38. The summed E-state index contributed by atoms with van der Waals surface area (Å²) in [4.78, 5) is 2.02. The van der Waals surface area contributed by atoms with Crippen molar-refractivity contribution in [3.8, 4) is 0 Å². The van der Waals surface area contributed by atoms with Crippen LogP contribution in [0.15, 0.2) is 22.7 Å². The predicted octanol–water partition coefficient (Wildman–Crippen LogP) is 2.71. The van der Waals surface area contributed by atoms with E-state index in [-0.39, 0.29) is 12.1 Å². The van der Waals surface area contributed by atoms with E-state index in [0.717, 1.165) is 15.7 Å². The SMILES string of the molecule is C[C@H](O)c1ccc(N(C)C(C)(C)CO)cc1Br. The molecule has 0 aliphatic heterocycles. The molecule has 3 nitrogen and oxygen atoms in total. The summed E-state index contributed by atoms with van der Waals surface area (Å²) in [5.74, 6) is 0. The lowest BCUT2D eigenvalue weighted by Crippen LogP contribution is -2.44. The largest absolute Gasteiger partial charge is 0.394 e. The molecule has 96 valence electrons. The summed E-state index contributed by atoms with van der Waals surface area (Å²) in [6.45, 7) is 5.77. The Balaban J connectivity index is 3.06. The molecule has 0 amide bonds. The Morgan fingerprint density at radius 3 is 2.41 bits per heavy atom. The maximum Gasteiger partial charge on any atom is 0.0772 e. The first-order valence-corrected chi connectivity index (χ1v) is 6.41. The molecular weight excluding hydrogens is 282 g/mol. The molecule has 0 fully saturated rings. The summed E-state index contributed by atoms with van der Waals surface area (Å²) >= 11 is 3.46. The molecule has 0 radical (unpaired) electrons. The summed E-state index contributed by atoms with van der Waals surface area (Å²) in [6.07, 6.45) is -0.491. The topological polar surface area (TPSA) is 43.7 Å². The van der Waals surface area contributed by atoms with E-state index in [0.29, 0.717) is 0 Å². The third kappa shape index (κ3) is 3.21. The molecule has 0 aromatic heterocycles. The number of anilines is 1. The molecule has 1 rings (SSSR count). The van der Waals surface area contributed by atoms with Gasteiger partial charge in [-0.1, -0.05) is 22.0 Å². The van der Waals surface area contributed by atoms with Crippen molar-refractivity contribution in [2.75, 3.05) is 18.6 Å². The number of aliphatic hydroxyl groups excluding tert-OH is 2. The Hall–Kier alpha value is -0.580. The first-order chi connectivity index (χ1) is 7.79. The van der Waals surface area contributed by atoms with Gasteiger partial charge in [-0.25, -0.2) is 0 Å². The molecule has 0 saturated heterocycles. The molecular formula is C13H20BrNO2. The van der Waals surface area contributed by atoms with Crippen LogP contribution >= 0.6 is 15.9 Å². The number of halogens is 1. The van der Waals surface area contributed by atoms with Gasteiger partial charge in [0.15, 0.2) is 0 Å². The van der Waals surface area contributed by atoms with Crippen molar-refractivity contribution >= 4 is 21.6 Å². The molecule has 0 aliphatic rings. The number of rotatable bonds is 4. The fourth-order valence-corrected chi connectivity index (χ4v) is 2.22. The van der Waals surface area contributed by atoms with Crippen molar-refractivity contribution in [2.45, 2.75) is 32.4 Å². The lowest BCUT2D eigenvalue weighted by atomic mass is 10.0. The standard InChI is InChI=1S/C13H20BrNO2/c1-9(17)11-6-5-10(7-12(11)14)15(4)13(2,3)8-16/h5-7,9,16-17H,8H2,1-4H3/t9-/m0/s1. The lowest BCUT2D eigenvalue weighted by Gasteiger charge is -2.36. The minimum absolute atomic E-state index is 0.0826. The second-order valence-corrected chi connectivity index (χ2v) is 5.77. The van der Waals surface area contributed by atoms with Crippen molar-refractivity contribution in [3.63, 3.8) is 0 Å². The molecule has 0 spiro atoms. The monoisotopic (exact) mass is 301 g/mol. The molecule has 2 N–H and O–H groups in total. The third-order valence-electron chi connectivity index (χ3n) is 3.12. The average Bonchev–Trinajstić information content (AvgIpc) is 2.27. The summed E-state index contributed by atoms with van der Waals surface area (Å²) in [6, 6.07) is 5.80. The van der Waals surface area contributed by atoms with Gasteiger partial charge in [-0.15, -0.1) is 0 Å². The minimum Gasteiger partial charge on any atom is -0.394 e. The number of benzene rings is 1. The van der Waals surface area contributed by atoms with Crippen molar-refractivity contribution in [1.29, 1.82) is 0 Å². The van der Waals surface area contributed by atoms with Crippen molar-refractivity contribution in [1.82, 2.24) is 0 Å². The lowest BCUT2D eigenvalue weighted by molar-refractivity contribution is 0.198. The van der Waals surface area contributed by atoms with Gasteiger partial charge in [-0.2, -0.15) is 0 Å². The van der Waals surface area contributed by atoms with E-state index in [1.54, 1.807) is 6.92 Å². The van der Waals surface area contributed by atoms with Crippen LogP contribution in [0.2, 0.25) is 0 Å². The normalized spacial score (nSPS) is 13.6. The van der Waals surface area contributed by atoms with Crippen molar-refractivity contribution < 1.29 is 10.2 Å². The van der Waals surface area contributed by atoms with Gasteiger partial charge >= 0.3 is 0 Å². The van der Waals surface area contributed by atoms with Crippen molar-refractivity contribution in [3.05, 3.63) is 28.2 Å². The van der Waals surface area contributed by atoms with Gasteiger partial charge in [0.1, 0.15) is 0 Å². The summed E-state index contributed by atoms with van der Waals surface area (Å²) < 4.78 is 0.880. The van der Waals surface area contributed by atoms with Crippen LogP contribution in [-0.2, 0) is 0 Å². The average molecular weight is 302 g/mol. The maximum absolute atomic E-state index is 9.56. The van der Waals surface area contributed by atoms with Crippen LogP contribution in [0, 0.1) is 0 Å². The van der Waals surface area contributed by atoms with Crippen LogP contribution in [0.1, 0.15) is 32.4 Å². The zero-order valence-electron chi connectivity index (χ0n) is 10.7.